The molecule has 0 amide bonds. The molecule has 0 bridgehead atoms. The molecule has 21 heavy (non-hydrogen) atoms. The molecule has 0 spiro atoms. The number of rotatable bonds is 8. The first-order valence-electron chi connectivity index (χ1n) is 6.70. The standard InChI is InChI=1S/C13H19N3O5/c1-3-8(4-2)11(17)7-15-12-10(16(20)21)5-9(6-14-12)13(18)19/h5-6,8,11,17H,3-4,7H2,1-2H3,(H,14,15)(H,18,19). The van der Waals surface area contributed by atoms with Gasteiger partial charge in [0.15, 0.2) is 0 Å². The van der Waals surface area contributed by atoms with Gasteiger partial charge in [-0.15, -0.1) is 0 Å². The number of carbonyl (C=O) groups is 1. The van der Waals surface area contributed by atoms with Crippen molar-refractivity contribution < 1.29 is 19.9 Å². The van der Waals surface area contributed by atoms with Crippen LogP contribution in [0.1, 0.15) is 37.0 Å². The number of aliphatic hydroxyl groups excluding tert-OH is 1. The van der Waals surface area contributed by atoms with E-state index in [1.165, 1.54) is 0 Å². The molecule has 0 radical (unpaired) electrons. The van der Waals surface area contributed by atoms with Crippen molar-refractivity contribution in [2.24, 2.45) is 5.92 Å². The highest BCUT2D eigenvalue weighted by atomic mass is 16.6. The average molecular weight is 297 g/mol. The Morgan fingerprint density at radius 1 is 1.48 bits per heavy atom. The van der Waals surface area contributed by atoms with Gasteiger partial charge in [0.1, 0.15) is 0 Å². The van der Waals surface area contributed by atoms with E-state index >= 15 is 0 Å². The second-order valence-corrected chi connectivity index (χ2v) is 4.68. The van der Waals surface area contributed by atoms with Gasteiger partial charge in [0.25, 0.3) is 0 Å². The van der Waals surface area contributed by atoms with Crippen LogP contribution in [0.25, 0.3) is 0 Å². The van der Waals surface area contributed by atoms with Crippen molar-refractivity contribution in [2.75, 3.05) is 11.9 Å². The molecule has 1 aromatic rings. The number of nitrogens with one attached hydrogen (secondary N) is 1. The lowest BCUT2D eigenvalue weighted by Gasteiger charge is -2.20. The molecular weight excluding hydrogens is 278 g/mol. The molecule has 0 fully saturated rings. The molecule has 8 nitrogen and oxygen atoms in total. The number of nitrogens with zero attached hydrogens (tertiary/aromatic N) is 2. The highest BCUT2D eigenvalue weighted by molar-refractivity contribution is 5.88. The summed E-state index contributed by atoms with van der Waals surface area (Å²) >= 11 is 0. The van der Waals surface area contributed by atoms with E-state index in [4.69, 9.17) is 5.11 Å². The molecule has 8 heteroatoms. The zero-order valence-electron chi connectivity index (χ0n) is 11.9. The smallest absolute Gasteiger partial charge is 0.337 e. The molecule has 0 aromatic carbocycles. The quantitative estimate of drug-likeness (QED) is 0.494. The second kappa shape index (κ2) is 7.53. The number of nitro groups is 1. The largest absolute Gasteiger partial charge is 0.478 e. The SMILES string of the molecule is CCC(CC)C(O)CNc1ncc(C(=O)O)cc1[N+](=O)[O-]. The van der Waals surface area contributed by atoms with Gasteiger partial charge < -0.3 is 15.5 Å². The van der Waals surface area contributed by atoms with Crippen LogP contribution >= 0.6 is 0 Å². The maximum Gasteiger partial charge on any atom is 0.337 e. The molecule has 1 rings (SSSR count). The van der Waals surface area contributed by atoms with Gasteiger partial charge in [-0.3, -0.25) is 10.1 Å². The predicted octanol–water partition coefficient (Wildman–Crippen LogP) is 1.90. The third kappa shape index (κ3) is 4.38. The van der Waals surface area contributed by atoms with Gasteiger partial charge in [-0.25, -0.2) is 9.78 Å². The van der Waals surface area contributed by atoms with Crippen LogP contribution in [0.15, 0.2) is 12.3 Å². The Morgan fingerprint density at radius 2 is 2.10 bits per heavy atom. The lowest BCUT2D eigenvalue weighted by Crippen LogP contribution is -2.28. The van der Waals surface area contributed by atoms with Crippen molar-refractivity contribution in [1.29, 1.82) is 0 Å². The van der Waals surface area contributed by atoms with Crippen LogP contribution in [0, 0.1) is 16.0 Å². The summed E-state index contributed by atoms with van der Waals surface area (Å²) < 4.78 is 0. The fraction of sp³-hybridized carbons (Fsp3) is 0.538. The summed E-state index contributed by atoms with van der Waals surface area (Å²) in [5.74, 6) is -1.24. The van der Waals surface area contributed by atoms with Gasteiger partial charge in [-0.1, -0.05) is 26.7 Å². The number of hydrogen-bond acceptors (Lipinski definition) is 6. The first-order valence-corrected chi connectivity index (χ1v) is 6.70. The molecular formula is C13H19N3O5. The van der Waals surface area contributed by atoms with E-state index in [0.717, 1.165) is 25.1 Å². The lowest BCUT2D eigenvalue weighted by molar-refractivity contribution is -0.384. The number of aromatic nitrogens is 1. The molecule has 1 atom stereocenters. The Balaban J connectivity index is 2.88. The Morgan fingerprint density at radius 3 is 2.57 bits per heavy atom. The van der Waals surface area contributed by atoms with Crippen molar-refractivity contribution >= 4 is 17.5 Å². The number of hydrogen-bond donors (Lipinski definition) is 3. The fourth-order valence-corrected chi connectivity index (χ4v) is 2.05. The van der Waals surface area contributed by atoms with Crippen LogP contribution in [0.5, 0.6) is 0 Å². The van der Waals surface area contributed by atoms with Crippen LogP contribution in [0.2, 0.25) is 0 Å². The van der Waals surface area contributed by atoms with Crippen LogP contribution in [-0.2, 0) is 0 Å². The van der Waals surface area contributed by atoms with Gasteiger partial charge in [0, 0.05) is 18.8 Å². The zero-order chi connectivity index (χ0) is 16.0. The molecule has 1 heterocycles. The van der Waals surface area contributed by atoms with Gasteiger partial charge in [-0.05, 0) is 5.92 Å². The van der Waals surface area contributed by atoms with E-state index in [0.29, 0.717) is 0 Å². The summed E-state index contributed by atoms with van der Waals surface area (Å²) in [5, 5.41) is 32.5. The number of carboxylic acids is 1. The minimum Gasteiger partial charge on any atom is -0.478 e. The van der Waals surface area contributed by atoms with Gasteiger partial charge in [0.2, 0.25) is 5.82 Å². The number of aromatic carboxylic acids is 1. The van der Waals surface area contributed by atoms with Crippen molar-refractivity contribution in [3.63, 3.8) is 0 Å². The fourth-order valence-electron chi connectivity index (χ4n) is 2.05. The lowest BCUT2D eigenvalue weighted by atomic mass is 9.96. The van der Waals surface area contributed by atoms with Crippen LogP contribution in [-0.4, -0.2) is 38.7 Å². The first-order chi connectivity index (χ1) is 9.90. The van der Waals surface area contributed by atoms with E-state index in [-0.39, 0.29) is 23.8 Å². The predicted molar refractivity (Wildman–Crippen MR) is 76.4 cm³/mol. The number of aliphatic hydroxyl groups is 1. The molecule has 0 aliphatic rings. The van der Waals surface area contributed by atoms with Crippen molar-refractivity contribution in [2.45, 2.75) is 32.8 Å². The van der Waals surface area contributed by atoms with Gasteiger partial charge >= 0.3 is 11.7 Å². The Labute approximate surface area is 122 Å². The van der Waals surface area contributed by atoms with Crippen molar-refractivity contribution in [3.8, 4) is 0 Å². The molecule has 0 aliphatic heterocycles. The maximum atomic E-state index is 11.0. The number of carboxylic acid groups (broad SMARTS) is 1. The first kappa shape index (κ1) is 16.8. The van der Waals surface area contributed by atoms with Crippen LogP contribution in [0.3, 0.4) is 0 Å². The number of pyridine rings is 1. The molecule has 0 aliphatic carbocycles. The molecule has 1 unspecified atom stereocenters. The van der Waals surface area contributed by atoms with Gasteiger partial charge in [-0.2, -0.15) is 0 Å². The maximum absolute atomic E-state index is 11.0. The summed E-state index contributed by atoms with van der Waals surface area (Å²) in [7, 11) is 0. The van der Waals surface area contributed by atoms with E-state index in [2.05, 4.69) is 10.3 Å². The highest BCUT2D eigenvalue weighted by Crippen LogP contribution is 2.23. The Hall–Kier alpha value is -2.22. The minimum absolute atomic E-state index is 0.0463. The third-order valence-electron chi connectivity index (χ3n) is 3.38. The summed E-state index contributed by atoms with van der Waals surface area (Å²) in [4.78, 5) is 24.8. The van der Waals surface area contributed by atoms with Crippen molar-refractivity contribution in [1.82, 2.24) is 4.98 Å². The monoisotopic (exact) mass is 297 g/mol. The number of anilines is 1. The Kier molecular flexibility index (Phi) is 6.04. The molecule has 116 valence electrons. The normalized spacial score (nSPS) is 12.2. The van der Waals surface area contributed by atoms with E-state index in [1.54, 1.807) is 0 Å². The minimum atomic E-state index is -1.28. The molecule has 0 saturated carbocycles. The second-order valence-electron chi connectivity index (χ2n) is 4.68. The highest BCUT2D eigenvalue weighted by Gasteiger charge is 2.21. The van der Waals surface area contributed by atoms with E-state index in [1.807, 2.05) is 13.8 Å². The zero-order valence-corrected chi connectivity index (χ0v) is 11.9. The molecule has 1 aromatic heterocycles. The Bertz CT molecular complexity index is 517. The molecule has 3 N–H and O–H groups in total. The van der Waals surface area contributed by atoms with Crippen molar-refractivity contribution in [3.05, 3.63) is 27.9 Å². The van der Waals surface area contributed by atoms with Crippen LogP contribution in [0.4, 0.5) is 11.5 Å². The van der Waals surface area contributed by atoms with Crippen LogP contribution < -0.4 is 5.32 Å². The summed E-state index contributed by atoms with van der Waals surface area (Å²) in [6.45, 7) is 4.03. The summed E-state index contributed by atoms with van der Waals surface area (Å²) in [6.07, 6.45) is 1.99. The summed E-state index contributed by atoms with van der Waals surface area (Å²) in [6, 6.07) is 0.946. The third-order valence-corrected chi connectivity index (χ3v) is 3.38. The van der Waals surface area contributed by atoms with E-state index in [9.17, 15) is 20.0 Å². The molecule has 0 saturated heterocycles. The van der Waals surface area contributed by atoms with E-state index < -0.39 is 22.7 Å². The average Bonchev–Trinajstić information content (AvgIpc) is 2.45. The topological polar surface area (TPSA) is 126 Å². The summed E-state index contributed by atoms with van der Waals surface area (Å²) in [5.41, 5.74) is -0.681. The van der Waals surface area contributed by atoms with Gasteiger partial charge in [0.05, 0.1) is 16.6 Å².